The minimum Gasteiger partial charge on any atom is -0.380 e. The van der Waals surface area contributed by atoms with Crippen LogP contribution in [0.5, 0.6) is 0 Å². The molecule has 0 aliphatic heterocycles. The second kappa shape index (κ2) is 6.75. The SMILES string of the molecule is CCOCC(C)NCc1cccc(C(F)(F)F)c1. The minimum absolute atomic E-state index is 0.111. The molecule has 0 aromatic heterocycles. The number of alkyl halides is 3. The predicted octanol–water partition coefficient (Wildman–Crippen LogP) is 3.22. The Balaban J connectivity index is 2.52. The van der Waals surface area contributed by atoms with Crippen LogP contribution in [0.4, 0.5) is 13.2 Å². The Morgan fingerprint density at radius 2 is 2.06 bits per heavy atom. The van der Waals surface area contributed by atoms with Gasteiger partial charge in [-0.3, -0.25) is 0 Å². The van der Waals surface area contributed by atoms with E-state index in [0.29, 0.717) is 25.3 Å². The fraction of sp³-hybridized carbons (Fsp3) is 0.538. The van der Waals surface area contributed by atoms with Crippen molar-refractivity contribution >= 4 is 0 Å². The van der Waals surface area contributed by atoms with E-state index in [1.54, 1.807) is 6.07 Å². The van der Waals surface area contributed by atoms with Crippen LogP contribution in [0.3, 0.4) is 0 Å². The molecule has 0 fully saturated rings. The number of ether oxygens (including phenoxy) is 1. The van der Waals surface area contributed by atoms with Gasteiger partial charge >= 0.3 is 6.18 Å². The van der Waals surface area contributed by atoms with E-state index < -0.39 is 11.7 Å². The normalized spacial score (nSPS) is 13.6. The van der Waals surface area contributed by atoms with E-state index in [-0.39, 0.29) is 6.04 Å². The monoisotopic (exact) mass is 261 g/mol. The second-order valence-corrected chi connectivity index (χ2v) is 4.14. The lowest BCUT2D eigenvalue weighted by Crippen LogP contribution is -2.30. The standard InChI is InChI=1S/C13H18F3NO/c1-3-18-9-10(2)17-8-11-5-4-6-12(7-11)13(14,15)16/h4-7,10,17H,3,8-9H2,1-2H3. The summed E-state index contributed by atoms with van der Waals surface area (Å²) in [5.41, 5.74) is 0.00688. The molecule has 1 aromatic carbocycles. The number of hydrogen-bond donors (Lipinski definition) is 1. The van der Waals surface area contributed by atoms with Crippen LogP contribution in [0, 0.1) is 0 Å². The van der Waals surface area contributed by atoms with Gasteiger partial charge in [-0.1, -0.05) is 18.2 Å². The first-order valence-electron chi connectivity index (χ1n) is 5.90. The molecule has 0 saturated heterocycles. The third-order valence-electron chi connectivity index (χ3n) is 2.48. The van der Waals surface area contributed by atoms with E-state index in [9.17, 15) is 13.2 Å². The highest BCUT2D eigenvalue weighted by Gasteiger charge is 2.30. The van der Waals surface area contributed by atoms with Crippen LogP contribution >= 0.6 is 0 Å². The maximum Gasteiger partial charge on any atom is 0.416 e. The number of benzene rings is 1. The van der Waals surface area contributed by atoms with Crippen molar-refractivity contribution in [2.45, 2.75) is 32.6 Å². The zero-order chi connectivity index (χ0) is 13.6. The number of hydrogen-bond acceptors (Lipinski definition) is 2. The quantitative estimate of drug-likeness (QED) is 0.849. The van der Waals surface area contributed by atoms with E-state index in [4.69, 9.17) is 4.74 Å². The summed E-state index contributed by atoms with van der Waals surface area (Å²) in [6.45, 7) is 5.42. The van der Waals surface area contributed by atoms with Crippen molar-refractivity contribution in [3.63, 3.8) is 0 Å². The molecule has 0 amide bonds. The molecule has 0 aliphatic carbocycles. The highest BCUT2D eigenvalue weighted by atomic mass is 19.4. The van der Waals surface area contributed by atoms with Crippen LogP contribution in [-0.4, -0.2) is 19.3 Å². The largest absolute Gasteiger partial charge is 0.416 e. The predicted molar refractivity (Wildman–Crippen MR) is 64.2 cm³/mol. The van der Waals surface area contributed by atoms with Crippen molar-refractivity contribution in [2.24, 2.45) is 0 Å². The van der Waals surface area contributed by atoms with Gasteiger partial charge in [0.05, 0.1) is 12.2 Å². The van der Waals surface area contributed by atoms with E-state index in [1.807, 2.05) is 13.8 Å². The minimum atomic E-state index is -4.28. The van der Waals surface area contributed by atoms with Crippen LogP contribution in [0.15, 0.2) is 24.3 Å². The van der Waals surface area contributed by atoms with E-state index in [1.165, 1.54) is 12.1 Å². The van der Waals surface area contributed by atoms with Gasteiger partial charge in [0, 0.05) is 19.2 Å². The summed E-state index contributed by atoms with van der Waals surface area (Å²) >= 11 is 0. The summed E-state index contributed by atoms with van der Waals surface area (Å²) in [7, 11) is 0. The van der Waals surface area contributed by atoms with Crippen LogP contribution < -0.4 is 5.32 Å². The van der Waals surface area contributed by atoms with Crippen molar-refractivity contribution in [3.8, 4) is 0 Å². The molecule has 1 atom stereocenters. The van der Waals surface area contributed by atoms with Crippen LogP contribution in [0.25, 0.3) is 0 Å². The average Bonchev–Trinajstić information content (AvgIpc) is 2.33. The highest BCUT2D eigenvalue weighted by Crippen LogP contribution is 2.29. The summed E-state index contributed by atoms with van der Waals surface area (Å²) in [6, 6.07) is 5.45. The molecule has 2 nitrogen and oxygen atoms in total. The Hall–Kier alpha value is -1.07. The lowest BCUT2D eigenvalue weighted by atomic mass is 10.1. The van der Waals surface area contributed by atoms with Crippen LogP contribution in [0.1, 0.15) is 25.0 Å². The van der Waals surface area contributed by atoms with E-state index in [2.05, 4.69) is 5.32 Å². The Morgan fingerprint density at radius 1 is 1.33 bits per heavy atom. The third-order valence-corrected chi connectivity index (χ3v) is 2.48. The van der Waals surface area contributed by atoms with E-state index in [0.717, 1.165) is 6.07 Å². The molecule has 1 rings (SSSR count). The molecule has 0 saturated carbocycles. The maximum absolute atomic E-state index is 12.5. The first-order valence-corrected chi connectivity index (χ1v) is 5.90. The number of rotatable bonds is 6. The molecule has 0 spiro atoms. The number of nitrogens with one attached hydrogen (secondary N) is 1. The summed E-state index contributed by atoms with van der Waals surface area (Å²) in [4.78, 5) is 0. The Bertz CT molecular complexity index is 365. The van der Waals surface area contributed by atoms with Gasteiger partial charge in [0.2, 0.25) is 0 Å². The Labute approximate surface area is 105 Å². The van der Waals surface area contributed by atoms with Gasteiger partial charge in [-0.05, 0) is 25.5 Å². The third kappa shape index (κ3) is 5.06. The first kappa shape index (κ1) is 15.0. The molecule has 1 unspecified atom stereocenters. The zero-order valence-electron chi connectivity index (χ0n) is 10.6. The summed E-state index contributed by atoms with van der Waals surface area (Å²) in [6.07, 6.45) is -4.28. The molecule has 102 valence electrons. The van der Waals surface area contributed by atoms with E-state index >= 15 is 0 Å². The topological polar surface area (TPSA) is 21.3 Å². The van der Waals surface area contributed by atoms with Gasteiger partial charge in [0.25, 0.3) is 0 Å². The summed E-state index contributed by atoms with van der Waals surface area (Å²) in [5.74, 6) is 0. The highest BCUT2D eigenvalue weighted by molar-refractivity contribution is 5.25. The molecular formula is C13H18F3NO. The fourth-order valence-electron chi connectivity index (χ4n) is 1.50. The van der Waals surface area contributed by atoms with Crippen molar-refractivity contribution in [1.82, 2.24) is 5.32 Å². The van der Waals surface area contributed by atoms with Crippen molar-refractivity contribution in [2.75, 3.05) is 13.2 Å². The molecule has 1 N–H and O–H groups in total. The molecule has 18 heavy (non-hydrogen) atoms. The summed E-state index contributed by atoms with van der Waals surface area (Å²) in [5, 5.41) is 3.12. The molecule has 0 radical (unpaired) electrons. The molecule has 5 heteroatoms. The van der Waals surface area contributed by atoms with Gasteiger partial charge in [0.1, 0.15) is 0 Å². The molecule has 1 aromatic rings. The lowest BCUT2D eigenvalue weighted by Gasteiger charge is -2.14. The fourth-order valence-corrected chi connectivity index (χ4v) is 1.50. The van der Waals surface area contributed by atoms with Gasteiger partial charge < -0.3 is 10.1 Å². The first-order chi connectivity index (χ1) is 8.43. The Morgan fingerprint density at radius 3 is 2.67 bits per heavy atom. The molecular weight excluding hydrogens is 243 g/mol. The van der Waals surface area contributed by atoms with Gasteiger partial charge in [-0.2, -0.15) is 13.2 Å². The average molecular weight is 261 g/mol. The van der Waals surface area contributed by atoms with Crippen molar-refractivity contribution < 1.29 is 17.9 Å². The van der Waals surface area contributed by atoms with Gasteiger partial charge in [-0.15, -0.1) is 0 Å². The summed E-state index contributed by atoms with van der Waals surface area (Å²) < 4.78 is 42.7. The van der Waals surface area contributed by atoms with Crippen LogP contribution in [0.2, 0.25) is 0 Å². The van der Waals surface area contributed by atoms with Crippen molar-refractivity contribution in [3.05, 3.63) is 35.4 Å². The molecule has 0 aliphatic rings. The van der Waals surface area contributed by atoms with Gasteiger partial charge in [-0.25, -0.2) is 0 Å². The van der Waals surface area contributed by atoms with Gasteiger partial charge in [0.15, 0.2) is 0 Å². The lowest BCUT2D eigenvalue weighted by molar-refractivity contribution is -0.137. The zero-order valence-corrected chi connectivity index (χ0v) is 10.6. The van der Waals surface area contributed by atoms with Crippen molar-refractivity contribution in [1.29, 1.82) is 0 Å². The van der Waals surface area contributed by atoms with Crippen LogP contribution in [-0.2, 0) is 17.5 Å². The smallest absolute Gasteiger partial charge is 0.380 e. The Kier molecular flexibility index (Phi) is 5.62. The maximum atomic E-state index is 12.5. The molecule has 0 bridgehead atoms. The molecule has 0 heterocycles. The second-order valence-electron chi connectivity index (χ2n) is 4.14. The number of halogens is 3.